The smallest absolute Gasteiger partial charge is 0.326 e. The van der Waals surface area contributed by atoms with Gasteiger partial charge in [0, 0.05) is 5.92 Å². The van der Waals surface area contributed by atoms with Gasteiger partial charge in [-0.2, -0.15) is 0 Å². The molecule has 0 radical (unpaired) electrons. The topological polar surface area (TPSA) is 72.0 Å². The average Bonchev–Trinajstić information content (AvgIpc) is 3.41. The minimum Gasteiger partial charge on any atom is -0.465 e. The summed E-state index contributed by atoms with van der Waals surface area (Å²) in [6.07, 6.45) is 4.63. The van der Waals surface area contributed by atoms with Crippen LogP contribution in [0.5, 0.6) is 0 Å². The Hall–Kier alpha value is -2.56. The van der Waals surface area contributed by atoms with E-state index >= 15 is 0 Å². The average molecular weight is 438 g/mol. The maximum absolute atomic E-state index is 13.9. The van der Waals surface area contributed by atoms with Crippen LogP contribution in [0.25, 0.3) is 0 Å². The van der Waals surface area contributed by atoms with Crippen molar-refractivity contribution in [2.24, 2.45) is 17.0 Å². The van der Waals surface area contributed by atoms with Crippen LogP contribution in [0.15, 0.2) is 52.0 Å². The van der Waals surface area contributed by atoms with Gasteiger partial charge in [0.1, 0.15) is 17.6 Å². The number of aryl methyl sites for hydroxylation is 1. The molecule has 4 atom stereocenters. The van der Waals surface area contributed by atoms with Gasteiger partial charge in [-0.05, 0) is 68.1 Å². The lowest BCUT2D eigenvalue weighted by Crippen LogP contribution is -2.48. The second kappa shape index (κ2) is 8.76. The molecule has 0 aliphatic heterocycles. The van der Waals surface area contributed by atoms with E-state index in [9.17, 15) is 10.0 Å². The molecule has 2 aromatic rings. The highest BCUT2D eigenvalue weighted by Gasteiger charge is 2.54. The number of carbonyl (C=O) groups excluding carboxylic acids is 1. The third-order valence-corrected chi connectivity index (χ3v) is 7.85. The minimum absolute atomic E-state index is 0.135. The number of rotatable bonds is 5. The Morgan fingerprint density at radius 1 is 1.19 bits per heavy atom. The van der Waals surface area contributed by atoms with Gasteiger partial charge < -0.3 is 14.4 Å². The lowest BCUT2D eigenvalue weighted by molar-refractivity contribution is -0.161. The van der Waals surface area contributed by atoms with Gasteiger partial charge in [0.25, 0.3) is 0 Å². The standard InChI is InChI=1S/C27H35NO4/c1-18-12-14-21(26(3,4)20-9-6-5-7-10-20)22(17-18)32-25(29)27(16-8-11-23(27)28-30)24-15-13-19(2)31-24/h5-7,9-10,13,15,18,21-22,30H,8,11-12,14,16-17H2,1-4H3/b28-23+/t18-,21-,22-,27+/m1/s1. The SMILES string of the molecule is Cc1ccc([C@]2(C(=O)O[C@@H]3C[C@H](C)CC[C@H]3C(C)(C)c3ccccc3)CCC/C2=N\O)o1. The number of hydrogen-bond donors (Lipinski definition) is 1. The number of furan rings is 1. The predicted molar refractivity (Wildman–Crippen MR) is 124 cm³/mol. The number of carbonyl (C=O) groups is 1. The van der Waals surface area contributed by atoms with Crippen molar-refractivity contribution in [3.05, 3.63) is 59.5 Å². The summed E-state index contributed by atoms with van der Waals surface area (Å²) in [4.78, 5) is 13.9. The monoisotopic (exact) mass is 437 g/mol. The molecule has 2 aliphatic carbocycles. The van der Waals surface area contributed by atoms with Crippen molar-refractivity contribution in [3.63, 3.8) is 0 Å². The predicted octanol–water partition coefficient (Wildman–Crippen LogP) is 6.17. The summed E-state index contributed by atoms with van der Waals surface area (Å²) in [5, 5.41) is 13.3. The van der Waals surface area contributed by atoms with E-state index in [1.54, 1.807) is 0 Å². The quantitative estimate of drug-likeness (QED) is 0.345. The Morgan fingerprint density at radius 2 is 1.94 bits per heavy atom. The van der Waals surface area contributed by atoms with E-state index in [-0.39, 0.29) is 23.4 Å². The molecule has 2 fully saturated rings. The summed E-state index contributed by atoms with van der Waals surface area (Å²) in [5.41, 5.74) is 0.435. The fraction of sp³-hybridized carbons (Fsp3) is 0.556. The first-order chi connectivity index (χ1) is 15.3. The summed E-state index contributed by atoms with van der Waals surface area (Å²) in [6, 6.07) is 14.2. The summed E-state index contributed by atoms with van der Waals surface area (Å²) in [5.74, 6) is 1.60. The maximum atomic E-state index is 13.9. The van der Waals surface area contributed by atoms with E-state index in [1.165, 1.54) is 5.56 Å². The fourth-order valence-corrected chi connectivity index (χ4v) is 5.87. The zero-order chi connectivity index (χ0) is 22.9. The van der Waals surface area contributed by atoms with Crippen LogP contribution in [0.4, 0.5) is 0 Å². The number of benzene rings is 1. The molecule has 2 aliphatic rings. The first-order valence-electron chi connectivity index (χ1n) is 11.8. The molecule has 1 aromatic carbocycles. The molecule has 0 unspecified atom stereocenters. The third kappa shape index (κ3) is 3.87. The summed E-state index contributed by atoms with van der Waals surface area (Å²) >= 11 is 0. The van der Waals surface area contributed by atoms with E-state index < -0.39 is 5.41 Å². The molecule has 0 bridgehead atoms. The second-order valence-corrected chi connectivity index (χ2v) is 10.3. The van der Waals surface area contributed by atoms with Crippen molar-refractivity contribution < 1.29 is 19.2 Å². The molecular formula is C27H35NO4. The van der Waals surface area contributed by atoms with E-state index in [1.807, 2.05) is 25.1 Å². The number of esters is 1. The Morgan fingerprint density at radius 3 is 2.59 bits per heavy atom. The highest BCUT2D eigenvalue weighted by atomic mass is 16.5. The van der Waals surface area contributed by atoms with Crippen molar-refractivity contribution >= 4 is 11.7 Å². The summed E-state index contributed by atoms with van der Waals surface area (Å²) in [7, 11) is 0. The van der Waals surface area contributed by atoms with Gasteiger partial charge in [0.15, 0.2) is 5.41 Å². The molecule has 5 heteroatoms. The third-order valence-electron chi connectivity index (χ3n) is 7.85. The van der Waals surface area contributed by atoms with Gasteiger partial charge in [0.05, 0.1) is 5.71 Å². The summed E-state index contributed by atoms with van der Waals surface area (Å²) < 4.78 is 12.3. The molecule has 5 nitrogen and oxygen atoms in total. The molecule has 1 N–H and O–H groups in total. The van der Waals surface area contributed by atoms with Crippen LogP contribution in [0.2, 0.25) is 0 Å². The van der Waals surface area contributed by atoms with Crippen LogP contribution in [0.3, 0.4) is 0 Å². The van der Waals surface area contributed by atoms with Crippen molar-refractivity contribution in [1.82, 2.24) is 0 Å². The van der Waals surface area contributed by atoms with Crippen LogP contribution >= 0.6 is 0 Å². The lowest BCUT2D eigenvalue weighted by atomic mass is 9.64. The van der Waals surface area contributed by atoms with Crippen LogP contribution in [-0.4, -0.2) is 23.0 Å². The molecule has 1 aromatic heterocycles. The normalized spacial score (nSPS) is 29.9. The highest BCUT2D eigenvalue weighted by Crippen LogP contribution is 2.46. The zero-order valence-corrected chi connectivity index (χ0v) is 19.6. The van der Waals surface area contributed by atoms with Gasteiger partial charge in [0.2, 0.25) is 0 Å². The van der Waals surface area contributed by atoms with E-state index in [0.29, 0.717) is 30.2 Å². The first kappa shape index (κ1) is 22.6. The minimum atomic E-state index is -1.13. The van der Waals surface area contributed by atoms with E-state index in [0.717, 1.165) is 31.4 Å². The van der Waals surface area contributed by atoms with Gasteiger partial charge in [-0.15, -0.1) is 0 Å². The molecule has 0 spiro atoms. The van der Waals surface area contributed by atoms with Crippen molar-refractivity contribution in [2.75, 3.05) is 0 Å². The van der Waals surface area contributed by atoms with Gasteiger partial charge in [-0.3, -0.25) is 4.79 Å². The Labute approximate surface area is 190 Å². The number of oxime groups is 1. The van der Waals surface area contributed by atoms with Crippen LogP contribution in [0.1, 0.15) is 76.4 Å². The first-order valence-corrected chi connectivity index (χ1v) is 11.8. The molecular weight excluding hydrogens is 402 g/mol. The largest absolute Gasteiger partial charge is 0.465 e. The van der Waals surface area contributed by atoms with Gasteiger partial charge >= 0.3 is 5.97 Å². The van der Waals surface area contributed by atoms with Gasteiger partial charge in [-0.25, -0.2) is 0 Å². The fourth-order valence-electron chi connectivity index (χ4n) is 5.87. The molecule has 2 saturated carbocycles. The molecule has 32 heavy (non-hydrogen) atoms. The van der Waals surface area contributed by atoms with Crippen LogP contribution in [0, 0.1) is 18.8 Å². The van der Waals surface area contributed by atoms with Crippen LogP contribution in [-0.2, 0) is 20.4 Å². The highest BCUT2D eigenvalue weighted by molar-refractivity contribution is 6.13. The lowest BCUT2D eigenvalue weighted by Gasteiger charge is -2.44. The molecule has 1 heterocycles. The molecule has 172 valence electrons. The van der Waals surface area contributed by atoms with Crippen molar-refractivity contribution in [2.45, 2.75) is 83.2 Å². The Bertz CT molecular complexity index is 977. The van der Waals surface area contributed by atoms with Crippen LogP contribution < -0.4 is 0 Å². The Balaban J connectivity index is 1.67. The number of nitrogens with zero attached hydrogens (tertiary/aromatic N) is 1. The molecule has 4 rings (SSSR count). The molecule has 0 saturated heterocycles. The van der Waals surface area contributed by atoms with Gasteiger partial charge in [-0.1, -0.05) is 62.7 Å². The zero-order valence-electron chi connectivity index (χ0n) is 19.6. The van der Waals surface area contributed by atoms with E-state index in [2.05, 4.69) is 50.2 Å². The molecule has 0 amide bonds. The maximum Gasteiger partial charge on any atom is 0.326 e. The van der Waals surface area contributed by atoms with Crippen molar-refractivity contribution in [1.29, 1.82) is 0 Å². The van der Waals surface area contributed by atoms with E-state index in [4.69, 9.17) is 9.15 Å². The van der Waals surface area contributed by atoms with Crippen molar-refractivity contribution in [3.8, 4) is 0 Å². The number of hydrogen-bond acceptors (Lipinski definition) is 5. The second-order valence-electron chi connectivity index (χ2n) is 10.3. The summed E-state index contributed by atoms with van der Waals surface area (Å²) in [6.45, 7) is 8.60. The number of ether oxygens (including phenoxy) is 1. The Kier molecular flexibility index (Phi) is 6.19.